The van der Waals surface area contributed by atoms with E-state index in [0.29, 0.717) is 27.1 Å². The van der Waals surface area contributed by atoms with Crippen LogP contribution in [0.3, 0.4) is 0 Å². The fourth-order valence-electron chi connectivity index (χ4n) is 2.79. The van der Waals surface area contributed by atoms with Crippen molar-refractivity contribution >= 4 is 46.3 Å². The van der Waals surface area contributed by atoms with Gasteiger partial charge in [0.2, 0.25) is 0 Å². The monoisotopic (exact) mass is 413 g/mol. The van der Waals surface area contributed by atoms with Gasteiger partial charge in [-0.3, -0.25) is 9.69 Å². The molecule has 0 saturated carbocycles. The van der Waals surface area contributed by atoms with Gasteiger partial charge in [-0.1, -0.05) is 72.5 Å². The minimum Gasteiger partial charge on any atom is -0.481 e. The first-order valence-electron chi connectivity index (χ1n) is 8.77. The summed E-state index contributed by atoms with van der Waals surface area (Å²) in [5, 5.41) is 8.80. The van der Waals surface area contributed by atoms with Gasteiger partial charge in [0.1, 0.15) is 10.1 Å². The maximum atomic E-state index is 12.8. The molecule has 1 amide bonds. The summed E-state index contributed by atoms with van der Waals surface area (Å²) in [7, 11) is 0. The van der Waals surface area contributed by atoms with Crippen LogP contribution in [0.1, 0.15) is 17.5 Å². The smallest absolute Gasteiger partial charge is 0.341 e. The van der Waals surface area contributed by atoms with Crippen LogP contribution in [-0.4, -0.2) is 39.4 Å². The normalized spacial score (nSPS) is 15.3. The van der Waals surface area contributed by atoms with Crippen LogP contribution in [0.25, 0.3) is 6.08 Å². The third-order valence-corrected chi connectivity index (χ3v) is 5.50. The zero-order valence-corrected chi connectivity index (χ0v) is 16.7. The van der Waals surface area contributed by atoms with Crippen molar-refractivity contribution < 1.29 is 19.4 Å². The average molecular weight is 414 g/mol. The van der Waals surface area contributed by atoms with Crippen LogP contribution in [0.2, 0.25) is 0 Å². The number of aryl methyl sites for hydroxylation is 1. The molecule has 5 nitrogen and oxygen atoms in total. The van der Waals surface area contributed by atoms with Crippen LogP contribution in [0.5, 0.6) is 5.75 Å². The van der Waals surface area contributed by atoms with E-state index in [1.165, 1.54) is 17.3 Å². The Morgan fingerprint density at radius 1 is 1.14 bits per heavy atom. The Morgan fingerprint density at radius 2 is 1.86 bits per heavy atom. The largest absolute Gasteiger partial charge is 0.481 e. The molecule has 2 aromatic rings. The highest BCUT2D eigenvalue weighted by molar-refractivity contribution is 8.26. The number of hydrogen-bond acceptors (Lipinski definition) is 5. The van der Waals surface area contributed by atoms with Gasteiger partial charge in [0, 0.05) is 12.1 Å². The van der Waals surface area contributed by atoms with Gasteiger partial charge in [0.25, 0.3) is 5.91 Å². The number of para-hydroxylation sites is 1. The van der Waals surface area contributed by atoms with E-state index in [9.17, 15) is 9.59 Å². The lowest BCUT2D eigenvalue weighted by Gasteiger charge is -2.14. The molecule has 1 N–H and O–H groups in total. The van der Waals surface area contributed by atoms with Gasteiger partial charge in [-0.05, 0) is 30.5 Å². The van der Waals surface area contributed by atoms with Gasteiger partial charge in [-0.15, -0.1) is 0 Å². The third-order valence-electron chi connectivity index (χ3n) is 4.12. The highest BCUT2D eigenvalue weighted by atomic mass is 32.2. The van der Waals surface area contributed by atoms with Gasteiger partial charge in [0.15, 0.2) is 6.61 Å². The number of thiocarbonyl (C=S) groups is 1. The number of carboxylic acid groups (broad SMARTS) is 1. The lowest BCUT2D eigenvalue weighted by atomic mass is 10.1. The second kappa shape index (κ2) is 9.52. The molecule has 1 heterocycles. The molecule has 0 radical (unpaired) electrons. The van der Waals surface area contributed by atoms with E-state index >= 15 is 0 Å². The summed E-state index contributed by atoms with van der Waals surface area (Å²) < 4.78 is 5.84. The highest BCUT2D eigenvalue weighted by Crippen LogP contribution is 2.34. The number of thioether (sulfide) groups is 1. The number of nitrogens with zero attached hydrogens (tertiary/aromatic N) is 1. The molecule has 0 atom stereocenters. The van der Waals surface area contributed by atoms with Crippen molar-refractivity contribution in [3.05, 3.63) is 70.6 Å². The Bertz CT molecular complexity index is 912. The molecule has 1 aliphatic rings. The third kappa shape index (κ3) is 5.21. The first kappa shape index (κ1) is 20.1. The second-order valence-electron chi connectivity index (χ2n) is 6.14. The zero-order chi connectivity index (χ0) is 19.9. The average Bonchev–Trinajstić information content (AvgIpc) is 2.95. The van der Waals surface area contributed by atoms with E-state index in [2.05, 4.69) is 12.1 Å². The van der Waals surface area contributed by atoms with Crippen molar-refractivity contribution in [2.75, 3.05) is 13.2 Å². The van der Waals surface area contributed by atoms with Gasteiger partial charge in [-0.25, -0.2) is 4.79 Å². The molecular formula is C21H19NO4S2. The van der Waals surface area contributed by atoms with Crippen LogP contribution in [0.4, 0.5) is 0 Å². The summed E-state index contributed by atoms with van der Waals surface area (Å²) in [6, 6.07) is 17.1. The summed E-state index contributed by atoms with van der Waals surface area (Å²) in [4.78, 5) is 25.6. The predicted octanol–water partition coefficient (Wildman–Crippen LogP) is 3.98. The van der Waals surface area contributed by atoms with Crippen molar-refractivity contribution in [3.8, 4) is 5.75 Å². The minimum atomic E-state index is -1.06. The van der Waals surface area contributed by atoms with E-state index in [0.717, 1.165) is 12.8 Å². The molecule has 0 unspecified atom stereocenters. The lowest BCUT2D eigenvalue weighted by Crippen LogP contribution is -2.29. The molecule has 144 valence electrons. The SMILES string of the molecule is O=C(O)COc1ccccc1C=C1SC(=S)N(CCCc2ccccc2)C1=O. The van der Waals surface area contributed by atoms with Crippen LogP contribution < -0.4 is 4.74 Å². The summed E-state index contributed by atoms with van der Waals surface area (Å²) in [5.74, 6) is -0.769. The number of carbonyl (C=O) groups excluding carboxylic acids is 1. The number of hydrogen-bond donors (Lipinski definition) is 1. The number of ether oxygens (including phenoxy) is 1. The van der Waals surface area contributed by atoms with Gasteiger partial charge >= 0.3 is 5.97 Å². The molecule has 28 heavy (non-hydrogen) atoms. The van der Waals surface area contributed by atoms with Crippen LogP contribution in [0.15, 0.2) is 59.5 Å². The second-order valence-corrected chi connectivity index (χ2v) is 7.82. The Morgan fingerprint density at radius 3 is 2.61 bits per heavy atom. The molecule has 0 aliphatic carbocycles. The maximum Gasteiger partial charge on any atom is 0.341 e. The molecule has 0 bridgehead atoms. The van der Waals surface area contributed by atoms with Crippen LogP contribution in [-0.2, 0) is 16.0 Å². The summed E-state index contributed by atoms with van der Waals surface area (Å²) in [5.41, 5.74) is 1.88. The first-order chi connectivity index (χ1) is 13.5. The molecule has 0 spiro atoms. The zero-order valence-electron chi connectivity index (χ0n) is 15.0. The standard InChI is InChI=1S/C21H19NO4S2/c23-19(24)14-26-17-11-5-4-10-16(17)13-18-20(25)22(21(27)28-18)12-6-9-15-7-2-1-3-8-15/h1-5,7-8,10-11,13H,6,9,12,14H2,(H,23,24). The highest BCUT2D eigenvalue weighted by Gasteiger charge is 2.31. The number of benzene rings is 2. The van der Waals surface area contributed by atoms with E-state index in [-0.39, 0.29) is 5.91 Å². The van der Waals surface area contributed by atoms with E-state index in [1.54, 1.807) is 35.2 Å². The lowest BCUT2D eigenvalue weighted by molar-refractivity contribution is -0.139. The minimum absolute atomic E-state index is 0.129. The van der Waals surface area contributed by atoms with Crippen LogP contribution >= 0.6 is 24.0 Å². The number of amides is 1. The molecule has 2 aromatic carbocycles. The molecular weight excluding hydrogens is 394 g/mol. The quantitative estimate of drug-likeness (QED) is 0.522. The summed E-state index contributed by atoms with van der Waals surface area (Å²) in [6.07, 6.45) is 3.40. The van der Waals surface area contributed by atoms with Crippen molar-refractivity contribution in [1.29, 1.82) is 0 Å². The van der Waals surface area contributed by atoms with E-state index in [4.69, 9.17) is 22.1 Å². The Hall–Kier alpha value is -2.64. The molecule has 1 saturated heterocycles. The fraction of sp³-hybridized carbons (Fsp3) is 0.190. The number of rotatable bonds is 8. The van der Waals surface area contributed by atoms with Crippen molar-refractivity contribution in [2.45, 2.75) is 12.8 Å². The molecule has 1 aliphatic heterocycles. The molecule has 1 fully saturated rings. The van der Waals surface area contributed by atoms with Gasteiger partial charge in [-0.2, -0.15) is 0 Å². The summed E-state index contributed by atoms with van der Waals surface area (Å²) >= 11 is 6.63. The molecule has 3 rings (SSSR count). The molecule has 7 heteroatoms. The number of aliphatic carboxylic acids is 1. The fourth-order valence-corrected chi connectivity index (χ4v) is 4.09. The van der Waals surface area contributed by atoms with E-state index in [1.807, 2.05) is 18.2 Å². The van der Waals surface area contributed by atoms with Crippen molar-refractivity contribution in [1.82, 2.24) is 4.90 Å². The first-order valence-corrected chi connectivity index (χ1v) is 10.00. The Labute approximate surface area is 173 Å². The van der Waals surface area contributed by atoms with Crippen molar-refractivity contribution in [2.24, 2.45) is 0 Å². The van der Waals surface area contributed by atoms with Gasteiger partial charge < -0.3 is 9.84 Å². The van der Waals surface area contributed by atoms with Gasteiger partial charge in [0.05, 0.1) is 4.91 Å². The Balaban J connectivity index is 1.67. The number of carbonyl (C=O) groups is 2. The van der Waals surface area contributed by atoms with Crippen LogP contribution in [0, 0.1) is 0 Å². The van der Waals surface area contributed by atoms with E-state index < -0.39 is 12.6 Å². The van der Waals surface area contributed by atoms with Crippen molar-refractivity contribution in [3.63, 3.8) is 0 Å². The topological polar surface area (TPSA) is 66.8 Å². The molecule has 0 aromatic heterocycles. The Kier molecular flexibility index (Phi) is 6.84. The summed E-state index contributed by atoms with van der Waals surface area (Å²) in [6.45, 7) is 0.124. The predicted molar refractivity (Wildman–Crippen MR) is 114 cm³/mol. The number of carboxylic acids is 1. The maximum absolute atomic E-state index is 12.8.